The van der Waals surface area contributed by atoms with Crippen molar-refractivity contribution in [1.82, 2.24) is 10.2 Å². The largest absolute Gasteiger partial charge is 0.508 e. The Morgan fingerprint density at radius 1 is 0.929 bits per heavy atom. The second kappa shape index (κ2) is 18.4. The second-order valence-electron chi connectivity index (χ2n) is 11.2. The highest BCUT2D eigenvalue weighted by Crippen LogP contribution is 2.51. The number of allylic oxidation sites excluding steroid dienone is 5. The van der Waals surface area contributed by atoms with Crippen molar-refractivity contribution >= 4 is 15.6 Å². The van der Waals surface area contributed by atoms with Crippen LogP contribution in [-0.2, 0) is 0 Å². The Labute approximate surface area is 259 Å². The number of phenols is 1. The van der Waals surface area contributed by atoms with Crippen LogP contribution in [0.2, 0.25) is 0 Å². The third-order valence-corrected chi connectivity index (χ3v) is 10.5. The molecule has 0 spiro atoms. The number of hydrogen-bond acceptors (Lipinski definition) is 4. The molecule has 0 aliphatic carbocycles. The van der Waals surface area contributed by atoms with E-state index < -0.39 is 10.0 Å². The smallest absolute Gasteiger partial charge is 0.115 e. The van der Waals surface area contributed by atoms with Gasteiger partial charge in [0.05, 0.1) is 0 Å². The minimum atomic E-state index is -0.955. The van der Waals surface area contributed by atoms with Gasteiger partial charge >= 0.3 is 0 Å². The third kappa shape index (κ3) is 9.60. The number of aliphatic hydroxyl groups is 1. The van der Waals surface area contributed by atoms with Crippen LogP contribution in [0.25, 0.3) is 5.57 Å². The van der Waals surface area contributed by atoms with Crippen LogP contribution >= 0.6 is 10.0 Å². The van der Waals surface area contributed by atoms with E-state index in [2.05, 4.69) is 79.1 Å². The van der Waals surface area contributed by atoms with Crippen molar-refractivity contribution in [1.29, 1.82) is 0 Å². The SMILES string of the molecule is CC.CC.C\C=C/C(=C\CC)C(/CCCO)=C(/c1ccc(O)cc1)c1ccc(S(C)(C)CN2CC3CNCC3C2)cc1. The van der Waals surface area contributed by atoms with E-state index >= 15 is 0 Å². The highest BCUT2D eigenvalue weighted by molar-refractivity contribution is 8.32. The molecular formula is C37H58N2O2S. The Balaban J connectivity index is 0.00000148. The topological polar surface area (TPSA) is 55.7 Å². The maximum absolute atomic E-state index is 9.99. The molecule has 5 heteroatoms. The molecule has 0 bridgehead atoms. The average Bonchev–Trinajstić information content (AvgIpc) is 3.60. The molecule has 2 fully saturated rings. The number of benzene rings is 2. The first kappa shape index (κ1) is 35.9. The summed E-state index contributed by atoms with van der Waals surface area (Å²) in [7, 11) is -0.955. The molecule has 4 nitrogen and oxygen atoms in total. The number of aromatic hydroxyl groups is 1. The molecule has 0 radical (unpaired) electrons. The minimum Gasteiger partial charge on any atom is -0.508 e. The number of likely N-dealkylation sites (tertiary alicyclic amines) is 1. The van der Waals surface area contributed by atoms with Gasteiger partial charge in [0.25, 0.3) is 0 Å². The summed E-state index contributed by atoms with van der Waals surface area (Å²) in [5.41, 5.74) is 5.88. The lowest BCUT2D eigenvalue weighted by Gasteiger charge is -2.36. The molecule has 2 aliphatic rings. The predicted molar refractivity (Wildman–Crippen MR) is 187 cm³/mol. The summed E-state index contributed by atoms with van der Waals surface area (Å²) in [4.78, 5) is 4.14. The van der Waals surface area contributed by atoms with Crippen molar-refractivity contribution in [3.05, 3.63) is 89.0 Å². The summed E-state index contributed by atoms with van der Waals surface area (Å²) in [6.45, 7) is 17.2. The molecule has 2 aliphatic heterocycles. The Morgan fingerprint density at radius 3 is 1.98 bits per heavy atom. The summed E-state index contributed by atoms with van der Waals surface area (Å²) < 4.78 is 0. The number of phenolic OH excluding ortho intramolecular Hbond substituents is 1. The molecular weight excluding hydrogens is 536 g/mol. The van der Waals surface area contributed by atoms with Crippen LogP contribution in [0.4, 0.5) is 0 Å². The minimum absolute atomic E-state index is 0.159. The maximum atomic E-state index is 9.99. The van der Waals surface area contributed by atoms with Crippen molar-refractivity contribution in [2.45, 2.75) is 65.7 Å². The number of hydrogen-bond donors (Lipinski definition) is 3. The van der Waals surface area contributed by atoms with Crippen molar-refractivity contribution in [2.24, 2.45) is 11.8 Å². The summed E-state index contributed by atoms with van der Waals surface area (Å²) in [5, 5.41) is 23.3. The number of nitrogens with one attached hydrogen (secondary N) is 1. The fourth-order valence-corrected chi connectivity index (χ4v) is 8.23. The monoisotopic (exact) mass is 594 g/mol. The molecule has 2 saturated heterocycles. The average molecular weight is 595 g/mol. The fourth-order valence-electron chi connectivity index (χ4n) is 6.08. The highest BCUT2D eigenvalue weighted by Gasteiger charge is 2.37. The molecule has 2 atom stereocenters. The zero-order valence-electron chi connectivity index (χ0n) is 27.6. The van der Waals surface area contributed by atoms with E-state index in [0.717, 1.165) is 36.1 Å². The normalized spacial score (nSPS) is 19.9. The molecule has 2 heterocycles. The van der Waals surface area contributed by atoms with Crippen molar-refractivity contribution < 1.29 is 10.2 Å². The fraction of sp³-hybridized carbons (Fsp3) is 0.514. The van der Waals surface area contributed by atoms with E-state index in [9.17, 15) is 10.2 Å². The Hall–Kier alpha value is -2.31. The zero-order chi connectivity index (χ0) is 31.1. The van der Waals surface area contributed by atoms with Crippen LogP contribution in [0.1, 0.15) is 71.9 Å². The molecule has 0 amide bonds. The zero-order valence-corrected chi connectivity index (χ0v) is 28.4. The van der Waals surface area contributed by atoms with Crippen molar-refractivity contribution in [3.8, 4) is 5.75 Å². The van der Waals surface area contributed by atoms with E-state index in [1.165, 1.54) is 53.4 Å². The van der Waals surface area contributed by atoms with Gasteiger partial charge in [0, 0.05) is 25.6 Å². The summed E-state index contributed by atoms with van der Waals surface area (Å²) >= 11 is 0. The lowest BCUT2D eigenvalue weighted by Crippen LogP contribution is -2.29. The van der Waals surface area contributed by atoms with Crippen LogP contribution in [0.15, 0.2) is 82.8 Å². The Bertz CT molecular complexity index is 1140. The molecule has 0 saturated carbocycles. The molecule has 2 unspecified atom stereocenters. The van der Waals surface area contributed by atoms with Gasteiger partial charge < -0.3 is 15.5 Å². The lowest BCUT2D eigenvalue weighted by atomic mass is 9.86. The van der Waals surface area contributed by atoms with Gasteiger partial charge in [-0.05, 0) is 121 Å². The molecule has 3 N–H and O–H groups in total. The van der Waals surface area contributed by atoms with Gasteiger partial charge in [-0.3, -0.25) is 4.90 Å². The van der Waals surface area contributed by atoms with Gasteiger partial charge in [0.2, 0.25) is 0 Å². The lowest BCUT2D eigenvalue weighted by molar-refractivity contribution is 0.289. The molecule has 0 aromatic heterocycles. The van der Waals surface area contributed by atoms with Gasteiger partial charge in [-0.15, -0.1) is 0 Å². The summed E-state index contributed by atoms with van der Waals surface area (Å²) in [6.07, 6.45) is 13.9. The van der Waals surface area contributed by atoms with E-state index in [-0.39, 0.29) is 12.4 Å². The van der Waals surface area contributed by atoms with Crippen LogP contribution in [0.5, 0.6) is 5.75 Å². The van der Waals surface area contributed by atoms with Crippen LogP contribution in [-0.4, -0.2) is 66.3 Å². The van der Waals surface area contributed by atoms with Crippen LogP contribution in [0, 0.1) is 11.8 Å². The maximum Gasteiger partial charge on any atom is 0.115 e. The van der Waals surface area contributed by atoms with Gasteiger partial charge in [-0.25, -0.2) is 10.0 Å². The van der Waals surface area contributed by atoms with Crippen LogP contribution < -0.4 is 5.32 Å². The number of nitrogens with zero attached hydrogens (tertiary/aromatic N) is 1. The molecule has 4 rings (SSSR count). The Kier molecular flexibility index (Phi) is 15.7. The van der Waals surface area contributed by atoms with E-state index in [0.29, 0.717) is 6.42 Å². The molecule has 2 aromatic carbocycles. The van der Waals surface area contributed by atoms with Gasteiger partial charge in [0.1, 0.15) is 5.75 Å². The predicted octanol–water partition coefficient (Wildman–Crippen LogP) is 8.46. The first-order chi connectivity index (χ1) is 20.4. The van der Waals surface area contributed by atoms with E-state index in [1.54, 1.807) is 12.1 Å². The van der Waals surface area contributed by atoms with E-state index in [1.807, 2.05) is 39.8 Å². The van der Waals surface area contributed by atoms with Gasteiger partial charge in [-0.1, -0.05) is 77.1 Å². The molecule has 2 aromatic rings. The third-order valence-electron chi connectivity index (χ3n) is 7.91. The first-order valence-corrected chi connectivity index (χ1v) is 18.7. The standard InChI is InChI=1S/C33H46N2O2S.2C2H6/c1-5-8-25(9-6-2)32(10-7-19-36)33(26-11-15-30(37)16-12-26)27-13-17-31(18-14-27)38(3,4)24-35-22-28-20-34-21-29(28)23-35;2*1-2/h5,8-9,11-18,28-29,34,36-37H,6-7,10,19-24H2,1-4H3;2*1-2H3/b8-5-,25-9+,33-32-;;. The molecule has 234 valence electrons. The number of rotatable bonds is 11. The highest BCUT2D eigenvalue weighted by atomic mass is 32.3. The number of fused-ring (bicyclic) bond motifs is 1. The van der Waals surface area contributed by atoms with Crippen molar-refractivity contribution in [2.75, 3.05) is 51.2 Å². The second-order valence-corrected chi connectivity index (χ2v) is 15.0. The first-order valence-electron chi connectivity index (χ1n) is 16.1. The van der Waals surface area contributed by atoms with Gasteiger partial charge in [0.15, 0.2) is 0 Å². The summed E-state index contributed by atoms with van der Waals surface area (Å²) in [5.74, 6) is 3.08. The summed E-state index contributed by atoms with van der Waals surface area (Å²) in [6, 6.07) is 16.8. The van der Waals surface area contributed by atoms with Crippen LogP contribution in [0.3, 0.4) is 0 Å². The number of aliphatic hydroxyl groups excluding tert-OH is 1. The van der Waals surface area contributed by atoms with Gasteiger partial charge in [-0.2, -0.15) is 0 Å². The van der Waals surface area contributed by atoms with Crippen molar-refractivity contribution in [3.63, 3.8) is 0 Å². The quantitative estimate of drug-likeness (QED) is 0.229. The molecule has 42 heavy (non-hydrogen) atoms. The van der Waals surface area contributed by atoms with E-state index in [4.69, 9.17) is 0 Å². The Morgan fingerprint density at radius 2 is 1.48 bits per heavy atom.